The highest BCUT2D eigenvalue weighted by molar-refractivity contribution is 5.62. The van der Waals surface area contributed by atoms with Gasteiger partial charge in [-0.05, 0) is 24.3 Å². The van der Waals surface area contributed by atoms with Crippen LogP contribution in [0.15, 0.2) is 18.2 Å². The standard InChI is InChI=1S/C15H23N3O2/c1-3-15(4-2)5-7-17(8-6-15)13-9-12(16)10-14(11-13)18(19)20/h9-11H,3-8,16H2,1-2H3. The van der Waals surface area contributed by atoms with Crippen LogP contribution in [0.3, 0.4) is 0 Å². The second kappa shape index (κ2) is 5.69. The number of anilines is 2. The number of non-ortho nitro benzene ring substituents is 1. The van der Waals surface area contributed by atoms with Crippen molar-refractivity contribution < 1.29 is 4.92 Å². The maximum atomic E-state index is 10.9. The smallest absolute Gasteiger partial charge is 0.273 e. The zero-order valence-electron chi connectivity index (χ0n) is 12.3. The minimum atomic E-state index is -0.383. The second-order valence-electron chi connectivity index (χ2n) is 5.73. The Morgan fingerprint density at radius 3 is 2.35 bits per heavy atom. The highest BCUT2D eigenvalue weighted by Crippen LogP contribution is 2.39. The van der Waals surface area contributed by atoms with Gasteiger partial charge in [-0.15, -0.1) is 0 Å². The second-order valence-corrected chi connectivity index (χ2v) is 5.73. The quantitative estimate of drug-likeness (QED) is 0.518. The molecule has 0 aliphatic carbocycles. The summed E-state index contributed by atoms with van der Waals surface area (Å²) in [6.45, 7) is 6.40. The fourth-order valence-corrected chi connectivity index (χ4v) is 3.10. The molecule has 1 aromatic rings. The van der Waals surface area contributed by atoms with Gasteiger partial charge < -0.3 is 10.6 Å². The Bertz CT molecular complexity index is 488. The van der Waals surface area contributed by atoms with Crippen LogP contribution in [0.2, 0.25) is 0 Å². The van der Waals surface area contributed by atoms with Crippen LogP contribution < -0.4 is 10.6 Å². The molecule has 1 fully saturated rings. The Morgan fingerprint density at radius 2 is 1.85 bits per heavy atom. The van der Waals surface area contributed by atoms with E-state index in [9.17, 15) is 10.1 Å². The molecule has 0 aromatic heterocycles. The Labute approximate surface area is 119 Å². The number of hydrogen-bond acceptors (Lipinski definition) is 4. The molecule has 20 heavy (non-hydrogen) atoms. The van der Waals surface area contributed by atoms with Gasteiger partial charge in [0.05, 0.1) is 4.92 Å². The molecule has 1 aliphatic rings. The number of nitrogens with zero attached hydrogens (tertiary/aromatic N) is 2. The lowest BCUT2D eigenvalue weighted by molar-refractivity contribution is -0.384. The highest BCUT2D eigenvalue weighted by atomic mass is 16.6. The molecule has 5 heteroatoms. The molecule has 1 aromatic carbocycles. The molecule has 0 atom stereocenters. The monoisotopic (exact) mass is 277 g/mol. The van der Waals surface area contributed by atoms with Crippen LogP contribution in [-0.2, 0) is 0 Å². The summed E-state index contributed by atoms with van der Waals surface area (Å²) >= 11 is 0. The third kappa shape index (κ3) is 2.86. The summed E-state index contributed by atoms with van der Waals surface area (Å²) in [6, 6.07) is 4.87. The topological polar surface area (TPSA) is 72.4 Å². The van der Waals surface area contributed by atoms with Gasteiger partial charge in [0.15, 0.2) is 0 Å². The van der Waals surface area contributed by atoms with E-state index in [1.807, 2.05) is 6.07 Å². The lowest BCUT2D eigenvalue weighted by atomic mass is 9.74. The fraction of sp³-hybridized carbons (Fsp3) is 0.600. The van der Waals surface area contributed by atoms with Crippen molar-refractivity contribution in [3.05, 3.63) is 28.3 Å². The zero-order valence-corrected chi connectivity index (χ0v) is 12.3. The van der Waals surface area contributed by atoms with Gasteiger partial charge in [-0.2, -0.15) is 0 Å². The van der Waals surface area contributed by atoms with Gasteiger partial charge >= 0.3 is 0 Å². The molecular formula is C15H23N3O2. The largest absolute Gasteiger partial charge is 0.398 e. The fourth-order valence-electron chi connectivity index (χ4n) is 3.10. The first-order valence-electron chi connectivity index (χ1n) is 7.29. The Hall–Kier alpha value is -1.78. The van der Waals surface area contributed by atoms with E-state index in [0.29, 0.717) is 11.1 Å². The average Bonchev–Trinajstić information content (AvgIpc) is 2.46. The number of rotatable bonds is 4. The maximum absolute atomic E-state index is 10.9. The first-order valence-corrected chi connectivity index (χ1v) is 7.29. The van der Waals surface area contributed by atoms with Gasteiger partial charge in [-0.3, -0.25) is 10.1 Å². The number of nitrogen functional groups attached to an aromatic ring is 1. The summed E-state index contributed by atoms with van der Waals surface area (Å²) in [5.41, 5.74) is 7.63. The van der Waals surface area contributed by atoms with Crippen molar-refractivity contribution in [2.75, 3.05) is 23.7 Å². The first kappa shape index (κ1) is 14.6. The van der Waals surface area contributed by atoms with E-state index in [1.54, 1.807) is 6.07 Å². The molecule has 1 aliphatic heterocycles. The summed E-state index contributed by atoms with van der Waals surface area (Å²) in [6.07, 6.45) is 4.69. The van der Waals surface area contributed by atoms with Crippen LogP contribution in [0.5, 0.6) is 0 Å². The van der Waals surface area contributed by atoms with Crippen LogP contribution in [0.25, 0.3) is 0 Å². The van der Waals surface area contributed by atoms with Gasteiger partial charge in [0.2, 0.25) is 0 Å². The van der Waals surface area contributed by atoms with Crippen molar-refractivity contribution in [3.63, 3.8) is 0 Å². The van der Waals surface area contributed by atoms with Gasteiger partial charge in [0, 0.05) is 36.6 Å². The summed E-state index contributed by atoms with van der Waals surface area (Å²) < 4.78 is 0. The Kier molecular flexibility index (Phi) is 4.16. The molecule has 1 heterocycles. The molecular weight excluding hydrogens is 254 g/mol. The molecule has 0 amide bonds. The molecule has 0 radical (unpaired) electrons. The van der Waals surface area contributed by atoms with Crippen molar-refractivity contribution in [3.8, 4) is 0 Å². The predicted molar refractivity (Wildman–Crippen MR) is 82.0 cm³/mol. The van der Waals surface area contributed by atoms with E-state index in [1.165, 1.54) is 18.9 Å². The molecule has 0 unspecified atom stereocenters. The molecule has 0 bridgehead atoms. The van der Waals surface area contributed by atoms with Crippen molar-refractivity contribution in [2.45, 2.75) is 39.5 Å². The van der Waals surface area contributed by atoms with Crippen LogP contribution in [0.1, 0.15) is 39.5 Å². The van der Waals surface area contributed by atoms with Crippen LogP contribution in [-0.4, -0.2) is 18.0 Å². The number of nitro benzene ring substituents is 1. The average molecular weight is 277 g/mol. The van der Waals surface area contributed by atoms with Crippen molar-refractivity contribution >= 4 is 17.1 Å². The Balaban J connectivity index is 2.16. The maximum Gasteiger partial charge on any atom is 0.273 e. The molecule has 0 spiro atoms. The van der Waals surface area contributed by atoms with E-state index in [2.05, 4.69) is 18.7 Å². The molecule has 2 N–H and O–H groups in total. The molecule has 5 nitrogen and oxygen atoms in total. The lowest BCUT2D eigenvalue weighted by Gasteiger charge is -2.42. The summed E-state index contributed by atoms with van der Waals surface area (Å²) in [5.74, 6) is 0. The lowest BCUT2D eigenvalue weighted by Crippen LogP contribution is -2.39. The minimum Gasteiger partial charge on any atom is -0.398 e. The first-order chi connectivity index (χ1) is 9.49. The van der Waals surface area contributed by atoms with E-state index in [-0.39, 0.29) is 10.6 Å². The third-order valence-electron chi connectivity index (χ3n) is 4.82. The van der Waals surface area contributed by atoms with E-state index in [0.717, 1.165) is 31.6 Å². The number of hydrogen-bond donors (Lipinski definition) is 1. The van der Waals surface area contributed by atoms with Crippen molar-refractivity contribution in [1.82, 2.24) is 0 Å². The third-order valence-corrected chi connectivity index (χ3v) is 4.82. The van der Waals surface area contributed by atoms with Gasteiger partial charge in [-0.25, -0.2) is 0 Å². The van der Waals surface area contributed by atoms with E-state index < -0.39 is 0 Å². The van der Waals surface area contributed by atoms with Crippen LogP contribution >= 0.6 is 0 Å². The van der Waals surface area contributed by atoms with E-state index in [4.69, 9.17) is 5.73 Å². The van der Waals surface area contributed by atoms with Crippen LogP contribution in [0.4, 0.5) is 17.1 Å². The minimum absolute atomic E-state index is 0.0721. The number of piperidine rings is 1. The highest BCUT2D eigenvalue weighted by Gasteiger charge is 2.31. The summed E-state index contributed by atoms with van der Waals surface area (Å²) in [7, 11) is 0. The number of benzene rings is 1. The number of nitro groups is 1. The zero-order chi connectivity index (χ0) is 14.8. The van der Waals surface area contributed by atoms with Gasteiger partial charge in [-0.1, -0.05) is 26.7 Å². The SMILES string of the molecule is CCC1(CC)CCN(c2cc(N)cc([N+](=O)[O-])c2)CC1. The van der Waals surface area contributed by atoms with Crippen molar-refractivity contribution in [2.24, 2.45) is 5.41 Å². The van der Waals surface area contributed by atoms with Crippen LogP contribution in [0, 0.1) is 15.5 Å². The van der Waals surface area contributed by atoms with Crippen molar-refractivity contribution in [1.29, 1.82) is 0 Å². The predicted octanol–water partition coefficient (Wildman–Crippen LogP) is 3.58. The molecule has 110 valence electrons. The number of nitrogens with two attached hydrogens (primary N) is 1. The molecule has 2 rings (SSSR count). The summed E-state index contributed by atoms with van der Waals surface area (Å²) in [4.78, 5) is 12.7. The van der Waals surface area contributed by atoms with Gasteiger partial charge in [0.25, 0.3) is 5.69 Å². The summed E-state index contributed by atoms with van der Waals surface area (Å²) in [5, 5.41) is 10.9. The van der Waals surface area contributed by atoms with E-state index >= 15 is 0 Å². The van der Waals surface area contributed by atoms with Gasteiger partial charge in [0.1, 0.15) is 0 Å². The molecule has 0 saturated carbocycles. The molecule has 1 saturated heterocycles. The normalized spacial score (nSPS) is 18.0. The Morgan fingerprint density at radius 1 is 1.25 bits per heavy atom.